The van der Waals surface area contributed by atoms with Crippen LogP contribution in [0.15, 0.2) is 66.7 Å². The van der Waals surface area contributed by atoms with Crippen LogP contribution in [-0.4, -0.2) is 70.1 Å². The molecule has 1 amide bonds. The van der Waals surface area contributed by atoms with E-state index in [1.807, 2.05) is 13.1 Å². The van der Waals surface area contributed by atoms with Crippen LogP contribution in [0, 0.1) is 17.6 Å². The van der Waals surface area contributed by atoms with Crippen LogP contribution in [0.3, 0.4) is 0 Å². The third-order valence-corrected chi connectivity index (χ3v) is 8.04. The van der Waals surface area contributed by atoms with Crippen molar-refractivity contribution in [3.63, 3.8) is 0 Å². The number of benzene rings is 3. The van der Waals surface area contributed by atoms with Gasteiger partial charge in [-0.3, -0.25) is 4.79 Å². The molecule has 3 aromatic carbocycles. The fourth-order valence-corrected chi connectivity index (χ4v) is 5.88. The Morgan fingerprint density at radius 3 is 2.33 bits per heavy atom. The number of carbonyl (C=O) groups is 2. The van der Waals surface area contributed by atoms with Crippen molar-refractivity contribution in [3.05, 3.63) is 95.1 Å². The number of piperazine rings is 1. The zero-order valence-corrected chi connectivity index (χ0v) is 23.1. The number of likely N-dealkylation sites (N-methyl/N-ethyl adjacent to an activating group) is 1. The average molecular weight is 582 g/mol. The van der Waals surface area contributed by atoms with Crippen molar-refractivity contribution in [1.29, 1.82) is 0 Å². The fraction of sp³-hybridized carbons (Fsp3) is 0.355. The van der Waals surface area contributed by atoms with E-state index < -0.39 is 35.9 Å². The smallest absolute Gasteiger partial charge is 0.508 e. The second-order valence-electron chi connectivity index (χ2n) is 10.9. The molecule has 0 spiro atoms. The van der Waals surface area contributed by atoms with Gasteiger partial charge >= 0.3 is 6.16 Å². The van der Waals surface area contributed by atoms with Gasteiger partial charge in [-0.15, -0.1) is 5.06 Å². The lowest BCUT2D eigenvalue weighted by molar-refractivity contribution is -0.168. The molecule has 0 radical (unpaired) electrons. The molecular weight excluding hydrogens is 548 g/mol. The number of rotatable bonds is 9. The number of aliphatic hydroxyl groups excluding tert-OH is 1. The summed E-state index contributed by atoms with van der Waals surface area (Å²) in [6, 6.07) is 15.4. The minimum atomic E-state index is -1.38. The van der Waals surface area contributed by atoms with Gasteiger partial charge in [0.05, 0.1) is 24.1 Å². The molecule has 0 aromatic heterocycles. The number of carboxylic acid groups (broad SMARTS) is 1. The molecule has 3 aromatic rings. The van der Waals surface area contributed by atoms with Gasteiger partial charge in [-0.25, -0.2) is 13.6 Å². The van der Waals surface area contributed by atoms with Gasteiger partial charge in [0.1, 0.15) is 17.4 Å². The van der Waals surface area contributed by atoms with Crippen molar-refractivity contribution in [3.8, 4) is 5.75 Å². The van der Waals surface area contributed by atoms with Crippen LogP contribution in [0.2, 0.25) is 0 Å². The number of nitrogens with zero attached hydrogens (tertiary/aromatic N) is 3. The van der Waals surface area contributed by atoms with Gasteiger partial charge in [-0.2, -0.15) is 0 Å². The summed E-state index contributed by atoms with van der Waals surface area (Å²) in [5, 5.41) is 32.4. The van der Waals surface area contributed by atoms with Crippen molar-refractivity contribution in [2.75, 3.05) is 31.6 Å². The first-order valence-electron chi connectivity index (χ1n) is 13.8. The molecule has 9 nitrogen and oxygen atoms in total. The fourth-order valence-electron chi connectivity index (χ4n) is 5.88. The molecule has 2 aliphatic rings. The molecule has 11 heteroatoms. The van der Waals surface area contributed by atoms with E-state index in [0.29, 0.717) is 49.3 Å². The summed E-state index contributed by atoms with van der Waals surface area (Å²) in [6.45, 7) is 1.64. The summed E-state index contributed by atoms with van der Waals surface area (Å²) < 4.78 is 27.0. The lowest BCUT2D eigenvalue weighted by Crippen LogP contribution is -2.55. The van der Waals surface area contributed by atoms with Gasteiger partial charge in [0, 0.05) is 30.9 Å². The normalized spacial score (nSPS) is 22.0. The number of amides is 1. The molecule has 2 heterocycles. The van der Waals surface area contributed by atoms with Crippen molar-refractivity contribution in [2.24, 2.45) is 5.92 Å². The number of halogens is 2. The van der Waals surface area contributed by atoms with Crippen LogP contribution in [0.5, 0.6) is 5.75 Å². The number of hydrogen-bond donors (Lipinski definition) is 3. The van der Waals surface area contributed by atoms with Crippen LogP contribution in [0.1, 0.15) is 41.7 Å². The van der Waals surface area contributed by atoms with E-state index >= 15 is 0 Å². The quantitative estimate of drug-likeness (QED) is 0.313. The summed E-state index contributed by atoms with van der Waals surface area (Å²) in [4.78, 5) is 33.1. The minimum absolute atomic E-state index is 0.0314. The summed E-state index contributed by atoms with van der Waals surface area (Å²) in [5.74, 6) is -1.66. The molecule has 5 rings (SSSR count). The third-order valence-electron chi connectivity index (χ3n) is 8.04. The van der Waals surface area contributed by atoms with Crippen LogP contribution in [0.25, 0.3) is 0 Å². The molecule has 222 valence electrons. The largest absolute Gasteiger partial charge is 0.525 e. The van der Waals surface area contributed by atoms with Crippen LogP contribution >= 0.6 is 0 Å². The Balaban J connectivity index is 1.37. The number of aliphatic hydroxyl groups is 1. The Kier molecular flexibility index (Phi) is 8.72. The number of hydroxylamine groups is 2. The number of β-lactam (4-membered cyclic amide) rings is 1. The number of phenols is 1. The molecule has 4 unspecified atom stereocenters. The maximum absolute atomic E-state index is 13.6. The van der Waals surface area contributed by atoms with Gasteiger partial charge in [-0.1, -0.05) is 24.3 Å². The van der Waals surface area contributed by atoms with Crippen molar-refractivity contribution < 1.29 is 38.5 Å². The lowest BCUT2D eigenvalue weighted by Gasteiger charge is -2.48. The highest BCUT2D eigenvalue weighted by molar-refractivity contribution is 6.03. The monoisotopic (exact) mass is 581 g/mol. The van der Waals surface area contributed by atoms with Gasteiger partial charge < -0.3 is 30.0 Å². The standard InChI is InChI=1S/C31H33F2N3O6/c1-34-14-15-35(42-31(40)41)24(18-34)16-19-2-11-25(28(38)17-19)29-26(12-13-27(37)20-3-5-21(32)6-4-20)30(39)36(29)23-9-7-22(33)8-10-23/h2-11,17,24,26-27,29,37-38H,12-16,18H2,1H3,(H,40,41). The average Bonchev–Trinajstić information content (AvgIpc) is 2.95. The topological polar surface area (TPSA) is 114 Å². The Bertz CT molecular complexity index is 1420. The van der Waals surface area contributed by atoms with E-state index in [0.717, 1.165) is 5.56 Å². The zero-order chi connectivity index (χ0) is 30.0. The summed E-state index contributed by atoms with van der Waals surface area (Å²) in [6.07, 6.45) is -1.32. The Morgan fingerprint density at radius 2 is 1.69 bits per heavy atom. The van der Waals surface area contributed by atoms with E-state index in [-0.39, 0.29) is 24.1 Å². The highest BCUT2D eigenvalue weighted by Crippen LogP contribution is 2.48. The van der Waals surface area contributed by atoms with E-state index in [4.69, 9.17) is 9.94 Å². The number of anilines is 1. The lowest BCUT2D eigenvalue weighted by atomic mass is 9.77. The van der Waals surface area contributed by atoms with Crippen LogP contribution < -0.4 is 4.90 Å². The van der Waals surface area contributed by atoms with Crippen molar-refractivity contribution in [1.82, 2.24) is 9.96 Å². The van der Waals surface area contributed by atoms with Gasteiger partial charge in [0.25, 0.3) is 0 Å². The maximum Gasteiger partial charge on any atom is 0.525 e. The van der Waals surface area contributed by atoms with E-state index in [9.17, 15) is 28.6 Å². The zero-order valence-electron chi connectivity index (χ0n) is 23.1. The number of aromatic hydroxyl groups is 1. The Hall–Kier alpha value is -4.06. The summed E-state index contributed by atoms with van der Waals surface area (Å²) in [7, 11) is 1.94. The summed E-state index contributed by atoms with van der Waals surface area (Å²) in [5.41, 5.74) is 2.29. The predicted octanol–water partition coefficient (Wildman–Crippen LogP) is 4.66. The number of hydrogen-bond acceptors (Lipinski definition) is 7. The molecule has 2 aliphatic heterocycles. The number of carbonyl (C=O) groups excluding carboxylic acids is 1. The predicted molar refractivity (Wildman–Crippen MR) is 150 cm³/mol. The Labute approximate surface area is 242 Å². The van der Waals surface area contributed by atoms with E-state index in [2.05, 4.69) is 4.90 Å². The van der Waals surface area contributed by atoms with Gasteiger partial charge in [-0.05, 0) is 79.9 Å². The summed E-state index contributed by atoms with van der Waals surface area (Å²) >= 11 is 0. The second kappa shape index (κ2) is 12.4. The van der Waals surface area contributed by atoms with Gasteiger partial charge in [0.2, 0.25) is 5.91 Å². The maximum atomic E-state index is 13.6. The molecule has 2 fully saturated rings. The van der Waals surface area contributed by atoms with Gasteiger partial charge in [0.15, 0.2) is 0 Å². The molecule has 0 aliphatic carbocycles. The van der Waals surface area contributed by atoms with Crippen LogP contribution in [-0.2, 0) is 16.1 Å². The second-order valence-corrected chi connectivity index (χ2v) is 10.9. The highest BCUT2D eigenvalue weighted by Gasteiger charge is 2.49. The van der Waals surface area contributed by atoms with E-state index in [1.165, 1.54) is 58.5 Å². The SMILES string of the molecule is CN1CCN(OC(=O)O)C(Cc2ccc(C3C(CCC(O)c4ccc(F)cc4)C(=O)N3c3ccc(F)cc3)c(O)c2)C1. The third kappa shape index (κ3) is 6.38. The van der Waals surface area contributed by atoms with Crippen molar-refractivity contribution in [2.45, 2.75) is 37.5 Å². The Morgan fingerprint density at radius 1 is 1.02 bits per heavy atom. The van der Waals surface area contributed by atoms with E-state index in [1.54, 1.807) is 12.1 Å². The van der Waals surface area contributed by atoms with Crippen LogP contribution in [0.4, 0.5) is 19.3 Å². The first kappa shape index (κ1) is 29.4. The molecule has 2 saturated heterocycles. The molecule has 4 atom stereocenters. The first-order chi connectivity index (χ1) is 20.1. The molecule has 0 bridgehead atoms. The minimum Gasteiger partial charge on any atom is -0.508 e. The molecule has 0 saturated carbocycles. The molecule has 3 N–H and O–H groups in total. The highest BCUT2D eigenvalue weighted by atomic mass is 19.1. The van der Waals surface area contributed by atoms with Crippen molar-refractivity contribution >= 4 is 17.7 Å². The number of phenolic OH excluding ortho intramolecular Hbond substituents is 1. The molecule has 42 heavy (non-hydrogen) atoms. The first-order valence-corrected chi connectivity index (χ1v) is 13.8. The molecular formula is C31H33F2N3O6.